The van der Waals surface area contributed by atoms with Crippen LogP contribution in [0.5, 0.6) is 0 Å². The summed E-state index contributed by atoms with van der Waals surface area (Å²) in [5.74, 6) is 6.08. The molecule has 1 rings (SSSR count). The monoisotopic (exact) mass is 219 g/mol. The minimum absolute atomic E-state index is 0.372. The van der Waals surface area contributed by atoms with Crippen LogP contribution < -0.4 is 5.73 Å². The van der Waals surface area contributed by atoms with E-state index < -0.39 is 0 Å². The van der Waals surface area contributed by atoms with Gasteiger partial charge < -0.3 is 15.2 Å². The van der Waals surface area contributed by atoms with Gasteiger partial charge in [0.05, 0.1) is 0 Å². The van der Waals surface area contributed by atoms with Crippen LogP contribution in [0, 0.1) is 11.8 Å². The third-order valence-corrected chi connectivity index (χ3v) is 2.14. The van der Waals surface area contributed by atoms with Gasteiger partial charge in [0.1, 0.15) is 0 Å². The maximum Gasteiger partial charge on any atom is 0.184 e. The number of rotatable bonds is 4. The van der Waals surface area contributed by atoms with Crippen LogP contribution in [0.2, 0.25) is 0 Å². The van der Waals surface area contributed by atoms with Gasteiger partial charge in [-0.25, -0.2) is 0 Å². The Morgan fingerprint density at radius 2 is 1.94 bits per heavy atom. The summed E-state index contributed by atoms with van der Waals surface area (Å²) in [5, 5.41) is 0. The lowest BCUT2D eigenvalue weighted by Gasteiger charge is -2.15. The zero-order valence-electron chi connectivity index (χ0n) is 9.69. The van der Waals surface area contributed by atoms with E-state index in [2.05, 4.69) is 11.8 Å². The molecule has 16 heavy (non-hydrogen) atoms. The number of hydrogen-bond donors (Lipinski definition) is 1. The molecule has 0 aliphatic rings. The Balaban J connectivity index is 2.96. The first-order valence-electron chi connectivity index (χ1n) is 5.17. The Hall–Kier alpha value is -1.34. The first kappa shape index (κ1) is 12.7. The molecule has 0 aliphatic carbocycles. The van der Waals surface area contributed by atoms with E-state index >= 15 is 0 Å². The molecule has 0 amide bonds. The normalized spacial score (nSPS) is 10.0. The summed E-state index contributed by atoms with van der Waals surface area (Å²) in [4.78, 5) is 0. The molecule has 0 fully saturated rings. The van der Waals surface area contributed by atoms with Gasteiger partial charge >= 0.3 is 0 Å². The van der Waals surface area contributed by atoms with Crippen molar-refractivity contribution in [2.24, 2.45) is 5.73 Å². The minimum atomic E-state index is -0.372. The molecule has 86 valence electrons. The van der Waals surface area contributed by atoms with Gasteiger partial charge in [0, 0.05) is 38.3 Å². The smallest absolute Gasteiger partial charge is 0.184 e. The maximum absolute atomic E-state index is 5.39. The van der Waals surface area contributed by atoms with Gasteiger partial charge in [0.25, 0.3) is 0 Å². The number of benzene rings is 1. The lowest BCUT2D eigenvalue weighted by atomic mass is 10.1. The van der Waals surface area contributed by atoms with E-state index in [1.54, 1.807) is 14.2 Å². The van der Waals surface area contributed by atoms with Gasteiger partial charge in [-0.2, -0.15) is 0 Å². The summed E-state index contributed by atoms with van der Waals surface area (Å²) < 4.78 is 10.4. The Morgan fingerprint density at radius 3 is 2.56 bits per heavy atom. The SMILES string of the molecule is COC(OC)c1ccccc1C#CCCN. The Bertz CT molecular complexity index is 375. The highest BCUT2D eigenvalue weighted by Crippen LogP contribution is 2.20. The van der Waals surface area contributed by atoms with Crippen LogP contribution in [0.4, 0.5) is 0 Å². The van der Waals surface area contributed by atoms with Crippen molar-refractivity contribution in [3.05, 3.63) is 35.4 Å². The van der Waals surface area contributed by atoms with Crippen molar-refractivity contribution in [2.45, 2.75) is 12.7 Å². The molecule has 3 nitrogen and oxygen atoms in total. The zero-order valence-corrected chi connectivity index (χ0v) is 9.69. The summed E-state index contributed by atoms with van der Waals surface area (Å²) in [6.45, 7) is 0.577. The fraction of sp³-hybridized carbons (Fsp3) is 0.385. The first-order chi connectivity index (χ1) is 7.83. The first-order valence-corrected chi connectivity index (χ1v) is 5.17. The Labute approximate surface area is 96.6 Å². The molecule has 0 unspecified atom stereocenters. The van der Waals surface area contributed by atoms with Crippen LogP contribution in [0.1, 0.15) is 23.8 Å². The second-order valence-electron chi connectivity index (χ2n) is 3.23. The zero-order chi connectivity index (χ0) is 11.8. The fourth-order valence-corrected chi connectivity index (χ4v) is 1.40. The highest BCUT2D eigenvalue weighted by atomic mass is 16.7. The van der Waals surface area contributed by atoms with Gasteiger partial charge in [0.2, 0.25) is 0 Å². The number of methoxy groups -OCH3 is 2. The van der Waals surface area contributed by atoms with Crippen LogP contribution in [0.15, 0.2) is 24.3 Å². The van der Waals surface area contributed by atoms with Crippen LogP contribution in [0.25, 0.3) is 0 Å². The molecule has 0 aromatic heterocycles. The van der Waals surface area contributed by atoms with E-state index in [9.17, 15) is 0 Å². The topological polar surface area (TPSA) is 44.5 Å². The molecule has 0 atom stereocenters. The molecule has 0 heterocycles. The average molecular weight is 219 g/mol. The molecule has 1 aromatic rings. The van der Waals surface area contributed by atoms with Crippen molar-refractivity contribution in [3.63, 3.8) is 0 Å². The van der Waals surface area contributed by atoms with Gasteiger partial charge in [0.15, 0.2) is 6.29 Å². The summed E-state index contributed by atoms with van der Waals surface area (Å²) >= 11 is 0. The third kappa shape index (κ3) is 3.35. The van der Waals surface area contributed by atoms with Crippen molar-refractivity contribution in [2.75, 3.05) is 20.8 Å². The summed E-state index contributed by atoms with van der Waals surface area (Å²) in [6.07, 6.45) is 0.322. The van der Waals surface area contributed by atoms with E-state index in [1.807, 2.05) is 24.3 Å². The van der Waals surface area contributed by atoms with Crippen LogP contribution in [-0.2, 0) is 9.47 Å². The molecule has 0 radical (unpaired) electrons. The predicted molar refractivity (Wildman–Crippen MR) is 63.8 cm³/mol. The van der Waals surface area contributed by atoms with Gasteiger partial charge in [-0.3, -0.25) is 0 Å². The van der Waals surface area contributed by atoms with Crippen LogP contribution in [0.3, 0.4) is 0 Å². The average Bonchev–Trinajstić information content (AvgIpc) is 2.33. The fourth-order valence-electron chi connectivity index (χ4n) is 1.40. The lowest BCUT2D eigenvalue weighted by Crippen LogP contribution is -2.05. The van der Waals surface area contributed by atoms with Crippen molar-refractivity contribution in [3.8, 4) is 11.8 Å². The molecule has 2 N–H and O–H groups in total. The van der Waals surface area contributed by atoms with Crippen molar-refractivity contribution in [1.29, 1.82) is 0 Å². The van der Waals surface area contributed by atoms with Gasteiger partial charge in [-0.15, -0.1) is 0 Å². The molecule has 0 bridgehead atoms. The van der Waals surface area contributed by atoms with Crippen molar-refractivity contribution in [1.82, 2.24) is 0 Å². The lowest BCUT2D eigenvalue weighted by molar-refractivity contribution is -0.106. The minimum Gasteiger partial charge on any atom is -0.352 e. The second kappa shape index (κ2) is 7.02. The molecule has 3 heteroatoms. The Kier molecular flexibility index (Phi) is 5.58. The van der Waals surface area contributed by atoms with Crippen molar-refractivity contribution < 1.29 is 9.47 Å². The van der Waals surface area contributed by atoms with E-state index in [0.717, 1.165) is 11.1 Å². The number of hydrogen-bond acceptors (Lipinski definition) is 3. The maximum atomic E-state index is 5.39. The highest BCUT2D eigenvalue weighted by Gasteiger charge is 2.11. The summed E-state index contributed by atoms with van der Waals surface area (Å²) in [5.41, 5.74) is 7.25. The highest BCUT2D eigenvalue weighted by molar-refractivity contribution is 5.42. The van der Waals surface area contributed by atoms with Crippen LogP contribution in [-0.4, -0.2) is 20.8 Å². The summed E-state index contributed by atoms with van der Waals surface area (Å²) in [6, 6.07) is 7.78. The van der Waals surface area contributed by atoms with E-state index in [1.165, 1.54) is 0 Å². The third-order valence-electron chi connectivity index (χ3n) is 2.14. The number of nitrogens with two attached hydrogens (primary N) is 1. The Morgan fingerprint density at radius 1 is 1.25 bits per heavy atom. The van der Waals surface area contributed by atoms with E-state index in [0.29, 0.717) is 13.0 Å². The van der Waals surface area contributed by atoms with Crippen LogP contribution >= 0.6 is 0 Å². The largest absolute Gasteiger partial charge is 0.352 e. The molecule has 0 spiro atoms. The predicted octanol–water partition coefficient (Wildman–Crippen LogP) is 1.68. The molecule has 1 aromatic carbocycles. The molecule has 0 aliphatic heterocycles. The van der Waals surface area contributed by atoms with Gasteiger partial charge in [-0.05, 0) is 6.07 Å². The van der Waals surface area contributed by atoms with Crippen molar-refractivity contribution >= 4 is 0 Å². The summed E-state index contributed by atoms with van der Waals surface area (Å²) in [7, 11) is 3.22. The second-order valence-corrected chi connectivity index (χ2v) is 3.23. The number of ether oxygens (including phenoxy) is 2. The van der Waals surface area contributed by atoms with Gasteiger partial charge in [-0.1, -0.05) is 30.0 Å². The van der Waals surface area contributed by atoms with E-state index in [-0.39, 0.29) is 6.29 Å². The standard InChI is InChI=1S/C13H17NO2/c1-15-13(16-2)12-9-4-3-7-11(12)8-5-6-10-14/h3-4,7,9,13H,6,10,14H2,1-2H3. The molecular formula is C13H17NO2. The quantitative estimate of drug-likeness (QED) is 0.619. The van der Waals surface area contributed by atoms with E-state index in [4.69, 9.17) is 15.2 Å². The molecular weight excluding hydrogens is 202 g/mol. The molecule has 0 saturated carbocycles. The molecule has 0 saturated heterocycles.